The largest absolute Gasteiger partial charge is 0.297 e. The molecule has 0 N–H and O–H groups in total. The normalized spacial score (nSPS) is 16.9. The van der Waals surface area contributed by atoms with Crippen molar-refractivity contribution in [3.8, 4) is 5.69 Å². The molecule has 5 nitrogen and oxygen atoms in total. The van der Waals surface area contributed by atoms with Gasteiger partial charge in [0.25, 0.3) is 0 Å². The van der Waals surface area contributed by atoms with Crippen LogP contribution in [0.2, 0.25) is 10.0 Å². The van der Waals surface area contributed by atoms with Crippen molar-refractivity contribution < 1.29 is 17.2 Å². The Morgan fingerprint density at radius 3 is 2.31 bits per heavy atom. The van der Waals surface area contributed by atoms with Gasteiger partial charge in [0.2, 0.25) is 10.0 Å². The second-order valence-electron chi connectivity index (χ2n) is 9.88. The molecule has 36 heavy (non-hydrogen) atoms. The average molecular weight is 557 g/mol. The van der Waals surface area contributed by atoms with Crippen molar-refractivity contribution in [2.75, 3.05) is 19.3 Å². The highest BCUT2D eigenvalue weighted by Gasteiger charge is 2.33. The molecule has 0 bridgehead atoms. The summed E-state index contributed by atoms with van der Waals surface area (Å²) in [6.07, 6.45) is 2.87. The number of halogens is 4. The number of hydrogen-bond acceptors (Lipinski definition) is 3. The molecule has 1 saturated heterocycles. The van der Waals surface area contributed by atoms with Gasteiger partial charge in [0.1, 0.15) is 11.6 Å². The molecule has 3 aromatic rings. The smallest absolute Gasteiger partial charge is 0.211 e. The monoisotopic (exact) mass is 555 g/mol. The van der Waals surface area contributed by atoms with Crippen LogP contribution in [0.15, 0.2) is 48.7 Å². The topological polar surface area (TPSA) is 55.2 Å². The molecule has 0 saturated carbocycles. The molecule has 1 fully saturated rings. The summed E-state index contributed by atoms with van der Waals surface area (Å²) in [4.78, 5) is 4.50. The van der Waals surface area contributed by atoms with Gasteiger partial charge >= 0.3 is 0 Å². The Balaban J connectivity index is 1.68. The Bertz CT molecular complexity index is 1340. The zero-order valence-corrected chi connectivity index (χ0v) is 22.7. The second-order valence-corrected chi connectivity index (χ2v) is 12.7. The van der Waals surface area contributed by atoms with E-state index in [1.165, 1.54) is 22.7 Å². The van der Waals surface area contributed by atoms with E-state index in [9.17, 15) is 12.8 Å². The van der Waals surface area contributed by atoms with E-state index < -0.39 is 21.6 Å². The molecule has 0 aliphatic carbocycles. The van der Waals surface area contributed by atoms with Crippen LogP contribution in [0, 0.1) is 11.7 Å². The lowest BCUT2D eigenvalue weighted by Crippen LogP contribution is -2.38. The number of sulfonamides is 1. The maximum atomic E-state index is 15.9. The molecule has 4 rings (SSSR count). The average Bonchev–Trinajstić information content (AvgIpc) is 3.27. The van der Waals surface area contributed by atoms with Crippen molar-refractivity contribution in [2.24, 2.45) is 5.92 Å². The first-order valence-electron chi connectivity index (χ1n) is 11.8. The van der Waals surface area contributed by atoms with Gasteiger partial charge in [-0.3, -0.25) is 4.57 Å². The molecule has 194 valence electrons. The number of imidazole rings is 1. The Kier molecular flexibility index (Phi) is 7.81. The number of rotatable bonds is 7. The van der Waals surface area contributed by atoms with Gasteiger partial charge < -0.3 is 0 Å². The Hall–Kier alpha value is -2.00. The van der Waals surface area contributed by atoms with Crippen LogP contribution in [0.3, 0.4) is 0 Å². The van der Waals surface area contributed by atoms with Gasteiger partial charge in [-0.25, -0.2) is 26.5 Å². The van der Waals surface area contributed by atoms with E-state index in [1.54, 1.807) is 35.0 Å². The molecule has 2 heterocycles. The Labute approximate surface area is 221 Å². The van der Waals surface area contributed by atoms with E-state index in [1.807, 2.05) is 19.9 Å². The van der Waals surface area contributed by atoms with Crippen molar-refractivity contribution in [1.82, 2.24) is 13.9 Å². The lowest BCUT2D eigenvalue weighted by atomic mass is 9.81. The van der Waals surface area contributed by atoms with E-state index in [0.717, 1.165) is 11.3 Å². The van der Waals surface area contributed by atoms with Crippen LogP contribution < -0.4 is 0 Å². The van der Waals surface area contributed by atoms with Crippen molar-refractivity contribution in [3.05, 3.63) is 81.6 Å². The standard InChI is InChI=1S/C26H29Cl2F2N3O2S/c1-26(2,18-4-9-21(27)22(28)15-18)24-16-31-25(33(24)20-7-5-19(29)6-8-20)23(30)14-17-10-12-32(13-11-17)36(3,34)35/h4-9,15-17,23H,10-14H2,1-3H3. The van der Waals surface area contributed by atoms with Crippen molar-refractivity contribution in [2.45, 2.75) is 44.7 Å². The van der Waals surface area contributed by atoms with Crippen LogP contribution in [0.5, 0.6) is 0 Å². The van der Waals surface area contributed by atoms with Gasteiger partial charge in [-0.15, -0.1) is 0 Å². The summed E-state index contributed by atoms with van der Waals surface area (Å²) in [5, 5.41) is 0.855. The summed E-state index contributed by atoms with van der Waals surface area (Å²) in [5.41, 5.74) is 1.56. The highest BCUT2D eigenvalue weighted by Crippen LogP contribution is 2.39. The number of alkyl halides is 1. The maximum Gasteiger partial charge on any atom is 0.211 e. The van der Waals surface area contributed by atoms with Crippen LogP contribution in [-0.4, -0.2) is 41.6 Å². The van der Waals surface area contributed by atoms with Crippen LogP contribution in [-0.2, 0) is 15.4 Å². The molecular formula is C26H29Cl2F2N3O2S. The lowest BCUT2D eigenvalue weighted by Gasteiger charge is -2.31. The minimum absolute atomic E-state index is 0.0305. The summed E-state index contributed by atoms with van der Waals surface area (Å²) in [6.45, 7) is 4.75. The van der Waals surface area contributed by atoms with Crippen molar-refractivity contribution in [1.29, 1.82) is 0 Å². The third-order valence-electron chi connectivity index (χ3n) is 7.02. The van der Waals surface area contributed by atoms with Crippen molar-refractivity contribution >= 4 is 33.2 Å². The maximum absolute atomic E-state index is 15.9. The van der Waals surface area contributed by atoms with Gasteiger partial charge in [0.05, 0.1) is 22.0 Å². The van der Waals surface area contributed by atoms with Crippen LogP contribution in [0.25, 0.3) is 5.69 Å². The Morgan fingerprint density at radius 1 is 1.08 bits per heavy atom. The second kappa shape index (κ2) is 10.4. The highest BCUT2D eigenvalue weighted by molar-refractivity contribution is 7.88. The van der Waals surface area contributed by atoms with Gasteiger partial charge in [-0.2, -0.15) is 0 Å². The number of aromatic nitrogens is 2. The third kappa shape index (κ3) is 5.62. The fourth-order valence-electron chi connectivity index (χ4n) is 4.80. The predicted octanol–water partition coefficient (Wildman–Crippen LogP) is 6.72. The molecular weight excluding hydrogens is 527 g/mol. The quantitative estimate of drug-likeness (QED) is 0.325. The van der Waals surface area contributed by atoms with Crippen LogP contribution >= 0.6 is 23.2 Å². The molecule has 2 aromatic carbocycles. The van der Waals surface area contributed by atoms with E-state index in [4.69, 9.17) is 23.2 Å². The molecule has 0 radical (unpaired) electrons. The molecule has 1 aliphatic rings. The summed E-state index contributed by atoms with van der Waals surface area (Å²) >= 11 is 12.4. The van der Waals surface area contributed by atoms with E-state index in [2.05, 4.69) is 4.98 Å². The number of nitrogens with zero attached hydrogens (tertiary/aromatic N) is 3. The first-order valence-corrected chi connectivity index (χ1v) is 14.4. The zero-order valence-electron chi connectivity index (χ0n) is 20.4. The summed E-state index contributed by atoms with van der Waals surface area (Å²) in [6, 6.07) is 11.3. The third-order valence-corrected chi connectivity index (χ3v) is 9.06. The molecule has 0 amide bonds. The fraction of sp³-hybridized carbons (Fsp3) is 0.423. The van der Waals surface area contributed by atoms with Gasteiger partial charge in [0, 0.05) is 30.4 Å². The summed E-state index contributed by atoms with van der Waals surface area (Å²) in [7, 11) is -3.25. The molecule has 0 spiro atoms. The van der Waals surface area contributed by atoms with Crippen LogP contribution in [0.1, 0.15) is 56.4 Å². The molecule has 1 atom stereocenters. The molecule has 1 aliphatic heterocycles. The van der Waals surface area contributed by atoms with Gasteiger partial charge in [0.15, 0.2) is 6.17 Å². The molecule has 1 aromatic heterocycles. The van der Waals surface area contributed by atoms with E-state index in [-0.39, 0.29) is 24.0 Å². The minimum atomic E-state index is -3.25. The van der Waals surface area contributed by atoms with Gasteiger partial charge in [-0.05, 0) is 67.1 Å². The van der Waals surface area contributed by atoms with E-state index >= 15 is 4.39 Å². The molecule has 1 unspecified atom stereocenters. The first kappa shape index (κ1) is 27.0. The van der Waals surface area contributed by atoms with Gasteiger partial charge in [-0.1, -0.05) is 43.1 Å². The van der Waals surface area contributed by atoms with Crippen molar-refractivity contribution in [3.63, 3.8) is 0 Å². The predicted molar refractivity (Wildman–Crippen MR) is 140 cm³/mol. The van der Waals surface area contributed by atoms with Crippen LogP contribution in [0.4, 0.5) is 8.78 Å². The molecule has 10 heteroatoms. The van der Waals surface area contributed by atoms with E-state index in [0.29, 0.717) is 41.7 Å². The Morgan fingerprint density at radius 2 is 1.72 bits per heavy atom. The highest BCUT2D eigenvalue weighted by atomic mass is 35.5. The number of benzene rings is 2. The SMILES string of the molecule is CC(C)(c1ccc(Cl)c(Cl)c1)c1cnc(C(F)CC2CCN(S(C)(=O)=O)CC2)n1-c1ccc(F)cc1. The zero-order chi connectivity index (χ0) is 26.3. The lowest BCUT2D eigenvalue weighted by molar-refractivity contribution is 0.200. The number of piperidine rings is 1. The minimum Gasteiger partial charge on any atom is -0.297 e. The number of hydrogen-bond donors (Lipinski definition) is 0. The summed E-state index contributed by atoms with van der Waals surface area (Å²) in [5.74, 6) is -0.127. The first-order chi connectivity index (χ1) is 16.9. The fourth-order valence-corrected chi connectivity index (χ4v) is 5.97. The summed E-state index contributed by atoms with van der Waals surface area (Å²) < 4.78 is 56.4.